The van der Waals surface area contributed by atoms with Crippen molar-refractivity contribution in [3.8, 4) is 0 Å². The van der Waals surface area contributed by atoms with Crippen molar-refractivity contribution in [2.24, 2.45) is 5.73 Å². The first-order valence-corrected chi connectivity index (χ1v) is 5.01. The van der Waals surface area contributed by atoms with E-state index in [1.165, 1.54) is 0 Å². The Balaban J connectivity index is 2.93. The number of hydrogen-bond acceptors (Lipinski definition) is 2. The van der Waals surface area contributed by atoms with Crippen LogP contribution in [-0.2, 0) is 5.54 Å². The zero-order valence-electron chi connectivity index (χ0n) is 9.20. The van der Waals surface area contributed by atoms with Crippen molar-refractivity contribution in [2.45, 2.75) is 38.8 Å². The van der Waals surface area contributed by atoms with E-state index in [0.29, 0.717) is 6.42 Å². The summed E-state index contributed by atoms with van der Waals surface area (Å²) in [5.74, 6) is 0. The third-order valence-electron chi connectivity index (χ3n) is 2.32. The lowest BCUT2D eigenvalue weighted by molar-refractivity contribution is 0.270. The van der Waals surface area contributed by atoms with Gasteiger partial charge in [0.25, 0.3) is 0 Å². The third-order valence-corrected chi connectivity index (χ3v) is 2.32. The molecule has 1 aromatic rings. The van der Waals surface area contributed by atoms with Crippen molar-refractivity contribution >= 4 is 0 Å². The molecule has 1 aromatic heterocycles. The van der Waals surface area contributed by atoms with Gasteiger partial charge in [0.1, 0.15) is 0 Å². The Hall–Kier alpha value is -0.800. The number of aliphatic hydroxyl groups is 1. The van der Waals surface area contributed by atoms with Crippen LogP contribution in [0.2, 0.25) is 0 Å². The van der Waals surface area contributed by atoms with Gasteiger partial charge in [0.2, 0.25) is 0 Å². The summed E-state index contributed by atoms with van der Waals surface area (Å²) in [6.07, 6.45) is 2.65. The molecule has 0 bridgehead atoms. The van der Waals surface area contributed by atoms with E-state index in [0.717, 1.165) is 5.69 Å². The van der Waals surface area contributed by atoms with Crippen LogP contribution in [0.1, 0.15) is 38.9 Å². The molecule has 1 rings (SSSR count). The van der Waals surface area contributed by atoms with E-state index in [1.54, 1.807) is 0 Å². The Kier molecular flexibility index (Phi) is 3.34. The highest BCUT2D eigenvalue weighted by atomic mass is 16.3. The molecule has 0 spiro atoms. The minimum Gasteiger partial charge on any atom is -0.396 e. The molecule has 14 heavy (non-hydrogen) atoms. The molecule has 0 aromatic carbocycles. The quantitative estimate of drug-likeness (QED) is 0.772. The minimum atomic E-state index is -0.0748. The highest BCUT2D eigenvalue weighted by Crippen LogP contribution is 2.22. The molecule has 0 fully saturated rings. The predicted molar refractivity (Wildman–Crippen MR) is 58.1 cm³/mol. The monoisotopic (exact) mass is 196 g/mol. The van der Waals surface area contributed by atoms with Crippen LogP contribution < -0.4 is 5.73 Å². The van der Waals surface area contributed by atoms with Crippen LogP contribution in [0.4, 0.5) is 0 Å². The molecule has 3 heteroatoms. The van der Waals surface area contributed by atoms with Gasteiger partial charge in [-0.2, -0.15) is 0 Å². The summed E-state index contributed by atoms with van der Waals surface area (Å²) in [7, 11) is 0. The van der Waals surface area contributed by atoms with E-state index >= 15 is 0 Å². The Labute approximate surface area is 85.5 Å². The fourth-order valence-electron chi connectivity index (χ4n) is 1.59. The summed E-state index contributed by atoms with van der Waals surface area (Å²) in [5, 5.41) is 8.84. The summed E-state index contributed by atoms with van der Waals surface area (Å²) < 4.78 is 2.16. The molecule has 80 valence electrons. The molecule has 0 aliphatic rings. The normalized spacial score (nSPS) is 14.4. The summed E-state index contributed by atoms with van der Waals surface area (Å²) in [6.45, 7) is 6.56. The Morgan fingerprint density at radius 2 is 2.14 bits per heavy atom. The van der Waals surface area contributed by atoms with Crippen LogP contribution in [0.3, 0.4) is 0 Å². The minimum absolute atomic E-state index is 0.0475. The van der Waals surface area contributed by atoms with Gasteiger partial charge in [-0.3, -0.25) is 0 Å². The fourth-order valence-corrected chi connectivity index (χ4v) is 1.59. The van der Waals surface area contributed by atoms with E-state index in [9.17, 15) is 0 Å². The standard InChI is InChI=1S/C11H20N2O/c1-11(2,3)13-7-4-5-10(13)9(12)6-8-14/h4-5,7,9,14H,6,8,12H2,1-3H3/t9-/m1/s1. The van der Waals surface area contributed by atoms with E-state index < -0.39 is 0 Å². The van der Waals surface area contributed by atoms with Crippen molar-refractivity contribution in [2.75, 3.05) is 6.61 Å². The van der Waals surface area contributed by atoms with Crippen molar-refractivity contribution in [1.82, 2.24) is 4.57 Å². The lowest BCUT2D eigenvalue weighted by Gasteiger charge is -2.26. The van der Waals surface area contributed by atoms with Crippen LogP contribution >= 0.6 is 0 Å². The van der Waals surface area contributed by atoms with Crippen molar-refractivity contribution < 1.29 is 5.11 Å². The topological polar surface area (TPSA) is 51.2 Å². The molecule has 0 saturated carbocycles. The number of rotatable bonds is 3. The number of hydrogen-bond donors (Lipinski definition) is 2. The van der Waals surface area contributed by atoms with Gasteiger partial charge in [-0.15, -0.1) is 0 Å². The van der Waals surface area contributed by atoms with Gasteiger partial charge in [0.05, 0.1) is 0 Å². The maximum absolute atomic E-state index is 8.84. The summed E-state index contributed by atoms with van der Waals surface area (Å²) in [5.41, 5.74) is 7.10. The van der Waals surface area contributed by atoms with Gasteiger partial charge in [-0.25, -0.2) is 0 Å². The van der Waals surface area contributed by atoms with Crippen LogP contribution in [0.5, 0.6) is 0 Å². The Bertz CT molecular complexity index is 286. The highest BCUT2D eigenvalue weighted by Gasteiger charge is 2.18. The molecule has 0 aliphatic carbocycles. The van der Waals surface area contributed by atoms with Crippen LogP contribution in [0, 0.1) is 0 Å². The van der Waals surface area contributed by atoms with Gasteiger partial charge in [-0.05, 0) is 39.3 Å². The molecule has 0 aliphatic heterocycles. The molecule has 0 radical (unpaired) electrons. The Morgan fingerprint density at radius 1 is 1.50 bits per heavy atom. The summed E-state index contributed by atoms with van der Waals surface area (Å²) in [4.78, 5) is 0. The number of aromatic nitrogens is 1. The number of nitrogens with zero attached hydrogens (tertiary/aromatic N) is 1. The smallest absolute Gasteiger partial charge is 0.0472 e. The highest BCUT2D eigenvalue weighted by molar-refractivity contribution is 5.13. The van der Waals surface area contributed by atoms with Gasteiger partial charge in [0.15, 0.2) is 0 Å². The SMILES string of the molecule is CC(C)(C)n1cccc1[C@H](N)CCO. The van der Waals surface area contributed by atoms with Gasteiger partial charge < -0.3 is 15.4 Å². The fraction of sp³-hybridized carbons (Fsp3) is 0.636. The average Bonchev–Trinajstić information content (AvgIpc) is 2.50. The van der Waals surface area contributed by atoms with Gasteiger partial charge in [0, 0.05) is 30.1 Å². The molecule has 0 saturated heterocycles. The van der Waals surface area contributed by atoms with E-state index in [1.807, 2.05) is 18.3 Å². The second-order valence-corrected chi connectivity index (χ2v) is 4.59. The summed E-state index contributed by atoms with van der Waals surface area (Å²) in [6, 6.07) is 3.94. The zero-order chi connectivity index (χ0) is 10.8. The van der Waals surface area contributed by atoms with E-state index in [4.69, 9.17) is 10.8 Å². The first-order valence-electron chi connectivity index (χ1n) is 5.01. The lowest BCUT2D eigenvalue weighted by atomic mass is 10.1. The largest absolute Gasteiger partial charge is 0.396 e. The maximum atomic E-state index is 8.84. The third kappa shape index (κ3) is 2.36. The van der Waals surface area contributed by atoms with E-state index in [-0.39, 0.29) is 18.2 Å². The first-order chi connectivity index (χ1) is 6.46. The predicted octanol–water partition coefficient (Wildman–Crippen LogP) is 1.63. The molecular formula is C11H20N2O. The zero-order valence-corrected chi connectivity index (χ0v) is 9.20. The number of aliphatic hydroxyl groups excluding tert-OH is 1. The molecule has 1 heterocycles. The van der Waals surface area contributed by atoms with Crippen molar-refractivity contribution in [1.29, 1.82) is 0 Å². The van der Waals surface area contributed by atoms with Gasteiger partial charge in [-0.1, -0.05) is 0 Å². The molecule has 0 unspecified atom stereocenters. The molecule has 3 N–H and O–H groups in total. The maximum Gasteiger partial charge on any atom is 0.0472 e. The molecule has 3 nitrogen and oxygen atoms in total. The second kappa shape index (κ2) is 4.15. The molecule has 1 atom stereocenters. The van der Waals surface area contributed by atoms with Crippen molar-refractivity contribution in [3.05, 3.63) is 24.0 Å². The molecular weight excluding hydrogens is 176 g/mol. The average molecular weight is 196 g/mol. The second-order valence-electron chi connectivity index (χ2n) is 4.59. The van der Waals surface area contributed by atoms with Crippen LogP contribution in [0.25, 0.3) is 0 Å². The first kappa shape index (κ1) is 11.3. The number of nitrogens with two attached hydrogens (primary N) is 1. The van der Waals surface area contributed by atoms with Crippen LogP contribution in [0.15, 0.2) is 18.3 Å². The Morgan fingerprint density at radius 3 is 2.64 bits per heavy atom. The van der Waals surface area contributed by atoms with Gasteiger partial charge >= 0.3 is 0 Å². The van der Waals surface area contributed by atoms with Crippen LogP contribution in [-0.4, -0.2) is 16.3 Å². The molecule has 0 amide bonds. The van der Waals surface area contributed by atoms with E-state index in [2.05, 4.69) is 25.3 Å². The lowest BCUT2D eigenvalue weighted by Crippen LogP contribution is -2.26. The van der Waals surface area contributed by atoms with Crippen molar-refractivity contribution in [3.63, 3.8) is 0 Å². The summed E-state index contributed by atoms with van der Waals surface area (Å²) >= 11 is 0.